The molecule has 0 spiro atoms. The van der Waals surface area contributed by atoms with Crippen molar-refractivity contribution >= 4 is 30.8 Å². The minimum atomic E-state index is -1.22. The molecule has 2 aliphatic carbocycles. The van der Waals surface area contributed by atoms with Crippen LogP contribution in [-0.2, 0) is 9.59 Å². The maximum absolute atomic E-state index is 10.7. The Labute approximate surface area is 124 Å². The summed E-state index contributed by atoms with van der Waals surface area (Å²) in [7, 11) is 0. The summed E-state index contributed by atoms with van der Waals surface area (Å²) in [4.78, 5) is 21.4. The van der Waals surface area contributed by atoms with Gasteiger partial charge in [-0.25, -0.2) is 0 Å². The molecule has 4 atom stereocenters. The summed E-state index contributed by atoms with van der Waals surface area (Å²) in [6.45, 7) is 0. The van der Waals surface area contributed by atoms with Gasteiger partial charge >= 0.3 is 49.8 Å². The number of rotatable bonds is 2. The van der Waals surface area contributed by atoms with Crippen LogP contribution >= 0.6 is 0 Å². The molecule has 15 heavy (non-hydrogen) atoms. The van der Waals surface area contributed by atoms with E-state index in [9.17, 15) is 19.8 Å². The van der Waals surface area contributed by atoms with Crippen LogP contribution in [0.2, 0.25) is 0 Å². The average molecular weight is 214 g/mol. The van der Waals surface area contributed by atoms with Gasteiger partial charge < -0.3 is 19.8 Å². The number of carbonyl (C=O) groups excluding carboxylic acids is 2. The Balaban J connectivity index is 0. The van der Waals surface area contributed by atoms with Gasteiger partial charge in [0.15, 0.2) is 0 Å². The Kier molecular flexibility index (Phi) is 5.95. The van der Waals surface area contributed by atoms with Crippen LogP contribution in [0.5, 0.6) is 0 Å². The first-order valence-electron chi connectivity index (χ1n) is 4.53. The van der Waals surface area contributed by atoms with Gasteiger partial charge in [0.1, 0.15) is 0 Å². The molecular weight excluding hydrogens is 202 g/mol. The Bertz CT molecular complexity index is 250. The van der Waals surface area contributed by atoms with Crippen LogP contribution in [-0.4, -0.2) is 30.8 Å². The van der Waals surface area contributed by atoms with Crippen LogP contribution in [0.4, 0.5) is 0 Å². The van der Waals surface area contributed by atoms with Crippen LogP contribution in [0.3, 0.4) is 0 Å². The Hall–Kier alpha value is 0.537. The maximum atomic E-state index is 10.7. The summed E-state index contributed by atoms with van der Waals surface area (Å²) in [5, 5.41) is 21.4. The molecule has 0 amide bonds. The molecule has 0 aromatic carbocycles. The first-order valence-corrected chi connectivity index (χ1v) is 4.53. The smallest absolute Gasteiger partial charge is 1.00 e. The molecule has 2 rings (SSSR count). The second kappa shape index (κ2) is 5.74. The fraction of sp³-hybridized carbons (Fsp3) is 0.778. The largest absolute Gasteiger partial charge is 1.00 e. The fourth-order valence-electron chi connectivity index (χ4n) is 2.97. The van der Waals surface area contributed by atoms with E-state index >= 15 is 0 Å². The molecule has 4 nitrogen and oxygen atoms in total. The molecule has 2 bridgehead atoms. The van der Waals surface area contributed by atoms with Crippen molar-refractivity contribution in [2.45, 2.75) is 19.3 Å². The zero-order chi connectivity index (χ0) is 9.59. The molecule has 0 aromatic heterocycles. The van der Waals surface area contributed by atoms with Crippen LogP contribution in [0.1, 0.15) is 20.7 Å². The van der Waals surface area contributed by atoms with Crippen molar-refractivity contribution < 1.29 is 50.8 Å². The summed E-state index contributed by atoms with van der Waals surface area (Å²) in [5.41, 5.74) is 0. The summed E-state index contributed by atoms with van der Waals surface area (Å²) >= 11 is 0. The van der Waals surface area contributed by atoms with Crippen molar-refractivity contribution in [3.05, 3.63) is 0 Å². The van der Waals surface area contributed by atoms with Gasteiger partial charge in [-0.3, -0.25) is 0 Å². The van der Waals surface area contributed by atoms with Gasteiger partial charge in [-0.1, -0.05) is 0 Å². The van der Waals surface area contributed by atoms with Gasteiger partial charge in [-0.2, -0.15) is 0 Å². The number of fused-ring (bicyclic) bond motifs is 2. The van der Waals surface area contributed by atoms with Crippen molar-refractivity contribution in [3.8, 4) is 0 Å². The second-order valence-electron chi connectivity index (χ2n) is 4.02. The fourth-order valence-corrected chi connectivity index (χ4v) is 2.97. The van der Waals surface area contributed by atoms with Gasteiger partial charge in [-0.15, -0.1) is 0 Å². The normalized spacial score (nSPS) is 36.5. The van der Waals surface area contributed by atoms with E-state index in [-0.39, 0.29) is 61.7 Å². The zero-order valence-electron chi connectivity index (χ0n) is 9.06. The third-order valence-corrected chi connectivity index (χ3v) is 3.46. The molecular formula is C9H12LiNaO4. The van der Waals surface area contributed by atoms with E-state index in [4.69, 9.17) is 0 Å². The third-order valence-electron chi connectivity index (χ3n) is 3.46. The van der Waals surface area contributed by atoms with Gasteiger partial charge in [0.05, 0.1) is 0 Å². The molecule has 4 unspecified atom stereocenters. The average Bonchev–Trinajstić information content (AvgIpc) is 2.60. The number of carboxylic acids is 2. The number of hydrogen-bond acceptors (Lipinski definition) is 4. The predicted molar refractivity (Wildman–Crippen MR) is 46.1 cm³/mol. The molecule has 2 fully saturated rings. The summed E-state index contributed by atoms with van der Waals surface area (Å²) < 4.78 is 0. The monoisotopic (exact) mass is 214 g/mol. The van der Waals surface area contributed by atoms with E-state index in [1.165, 1.54) is 0 Å². The van der Waals surface area contributed by atoms with Gasteiger partial charge in [0, 0.05) is 23.8 Å². The topological polar surface area (TPSA) is 80.3 Å². The van der Waals surface area contributed by atoms with E-state index in [1.54, 1.807) is 0 Å². The number of hydrogen-bond donors (Lipinski definition) is 0. The van der Waals surface area contributed by atoms with Crippen molar-refractivity contribution in [2.75, 3.05) is 0 Å². The van der Waals surface area contributed by atoms with Crippen LogP contribution in [0.25, 0.3) is 0 Å². The van der Waals surface area contributed by atoms with Crippen molar-refractivity contribution in [1.29, 1.82) is 0 Å². The van der Waals surface area contributed by atoms with E-state index in [1.807, 2.05) is 0 Å². The number of carboxylic acid groups (broad SMARTS) is 2. The molecule has 0 aromatic rings. The molecule has 0 aliphatic heterocycles. The molecule has 0 heterocycles. The van der Waals surface area contributed by atoms with E-state index < -0.39 is 23.8 Å². The van der Waals surface area contributed by atoms with Crippen LogP contribution in [0.15, 0.2) is 0 Å². The SMILES string of the molecule is O=C([O-])C1C2CCC(C2)C1C(=O)[O-].[H+].[LiH].[Na+]. The quantitative estimate of drug-likeness (QED) is 0.430. The molecule has 2 saturated carbocycles. The number of carbonyl (C=O) groups is 2. The summed E-state index contributed by atoms with van der Waals surface area (Å²) in [6.07, 6.45) is 2.37. The molecule has 0 N–H and O–H groups in total. The van der Waals surface area contributed by atoms with Crippen molar-refractivity contribution in [1.82, 2.24) is 0 Å². The summed E-state index contributed by atoms with van der Waals surface area (Å²) in [6, 6.07) is 0. The first kappa shape index (κ1) is 15.5. The zero-order valence-corrected chi connectivity index (χ0v) is 10.1. The van der Waals surface area contributed by atoms with Gasteiger partial charge in [0.25, 0.3) is 0 Å². The van der Waals surface area contributed by atoms with E-state index in [0.29, 0.717) is 0 Å². The van der Waals surface area contributed by atoms with E-state index in [2.05, 4.69) is 0 Å². The summed E-state index contributed by atoms with van der Waals surface area (Å²) in [5.74, 6) is -4.02. The predicted octanol–water partition coefficient (Wildman–Crippen LogP) is -5.38. The van der Waals surface area contributed by atoms with E-state index in [0.717, 1.165) is 19.3 Å². The van der Waals surface area contributed by atoms with Gasteiger partial charge in [0.2, 0.25) is 0 Å². The molecule has 0 radical (unpaired) electrons. The number of aliphatic carboxylic acids is 2. The van der Waals surface area contributed by atoms with Crippen molar-refractivity contribution in [3.63, 3.8) is 0 Å². The van der Waals surface area contributed by atoms with Crippen LogP contribution in [0, 0.1) is 23.7 Å². The Morgan fingerprint density at radius 3 is 1.60 bits per heavy atom. The standard InChI is InChI=1S/C9H12O4.Li.Na.H/c10-8(11)6-4-1-2-5(3-4)7(6)9(12)13;;;/h4-7H,1-3H2,(H,10,11)(H,12,13);;;/q;;+1;/p-1. The molecule has 2 aliphatic rings. The van der Waals surface area contributed by atoms with Crippen molar-refractivity contribution in [2.24, 2.45) is 23.7 Å². The Morgan fingerprint density at radius 1 is 1.00 bits per heavy atom. The minimum Gasteiger partial charge on any atom is 1.00 e. The van der Waals surface area contributed by atoms with Crippen LogP contribution < -0.4 is 39.8 Å². The maximum Gasteiger partial charge on any atom is 1.00 e. The second-order valence-corrected chi connectivity index (χ2v) is 4.02. The minimum absolute atomic E-state index is 0. The molecule has 74 valence electrons. The molecule has 6 heteroatoms. The first-order chi connectivity index (χ1) is 6.11. The Morgan fingerprint density at radius 2 is 1.33 bits per heavy atom. The third kappa shape index (κ3) is 2.62. The van der Waals surface area contributed by atoms with Gasteiger partial charge in [-0.05, 0) is 31.1 Å². The molecule has 0 saturated heterocycles.